The quantitative estimate of drug-likeness (QED) is 0.874. The molecule has 0 bridgehead atoms. The second kappa shape index (κ2) is 4.30. The molecule has 2 heterocycles. The molecule has 0 saturated carbocycles. The molecule has 0 aliphatic rings. The van der Waals surface area contributed by atoms with Crippen molar-refractivity contribution in [1.29, 1.82) is 0 Å². The van der Waals surface area contributed by atoms with Gasteiger partial charge in [-0.3, -0.25) is 4.72 Å². The molecule has 0 aliphatic heterocycles. The van der Waals surface area contributed by atoms with Crippen molar-refractivity contribution in [3.8, 4) is 0 Å². The second-order valence-electron chi connectivity index (χ2n) is 3.29. The maximum atomic E-state index is 12.0. The number of nitrogens with zero attached hydrogens (tertiary/aromatic N) is 2. The van der Waals surface area contributed by atoms with Gasteiger partial charge in [0.05, 0.1) is 5.69 Å². The summed E-state index contributed by atoms with van der Waals surface area (Å²) in [5, 5.41) is 2.07. The maximum Gasteiger partial charge on any atom is 0.267 e. The highest BCUT2D eigenvalue weighted by Crippen LogP contribution is 2.21. The zero-order chi connectivity index (χ0) is 12.5. The molecule has 2 rings (SSSR count). The van der Waals surface area contributed by atoms with Gasteiger partial charge in [-0.25, -0.2) is 18.4 Å². The zero-order valence-electron chi connectivity index (χ0n) is 8.91. The van der Waals surface area contributed by atoms with E-state index in [1.165, 1.54) is 29.7 Å². The molecule has 0 amide bonds. The fourth-order valence-electron chi connectivity index (χ4n) is 1.20. The van der Waals surface area contributed by atoms with Crippen LogP contribution in [0.25, 0.3) is 0 Å². The van der Waals surface area contributed by atoms with Crippen molar-refractivity contribution in [2.75, 3.05) is 10.5 Å². The summed E-state index contributed by atoms with van der Waals surface area (Å²) in [4.78, 5) is 7.70. The maximum absolute atomic E-state index is 12.0. The van der Waals surface area contributed by atoms with E-state index in [4.69, 9.17) is 5.73 Å². The minimum Gasteiger partial charge on any atom is -0.383 e. The Kier molecular flexibility index (Phi) is 2.99. The van der Waals surface area contributed by atoms with E-state index in [-0.39, 0.29) is 10.7 Å². The van der Waals surface area contributed by atoms with Gasteiger partial charge in [0.25, 0.3) is 10.0 Å². The van der Waals surface area contributed by atoms with Crippen LogP contribution in [0.5, 0.6) is 0 Å². The standard InChI is InChI=1S/C9H10N4O2S2/c1-6-5-16-9(12-6)13-17(14,15)7-3-2-4-11-8(7)10/h2-5H,1H3,(H2,10,11)(H,12,13). The van der Waals surface area contributed by atoms with Crippen molar-refractivity contribution in [3.05, 3.63) is 29.4 Å². The van der Waals surface area contributed by atoms with Crippen LogP contribution in [0.1, 0.15) is 5.69 Å². The number of hydrogen-bond acceptors (Lipinski definition) is 6. The third-order valence-corrected chi connectivity index (χ3v) is 4.32. The Hall–Kier alpha value is -1.67. The second-order valence-corrected chi connectivity index (χ2v) is 5.80. The van der Waals surface area contributed by atoms with E-state index in [0.717, 1.165) is 5.69 Å². The summed E-state index contributed by atoms with van der Waals surface area (Å²) >= 11 is 1.21. The number of sulfonamides is 1. The van der Waals surface area contributed by atoms with Gasteiger partial charge < -0.3 is 5.73 Å². The Morgan fingerprint density at radius 1 is 1.47 bits per heavy atom. The van der Waals surface area contributed by atoms with Crippen LogP contribution in [0.15, 0.2) is 28.6 Å². The molecule has 0 spiro atoms. The summed E-state index contributed by atoms with van der Waals surface area (Å²) in [6.07, 6.45) is 1.43. The minimum absolute atomic E-state index is 0.0340. The molecule has 2 aromatic heterocycles. The molecule has 0 fully saturated rings. The van der Waals surface area contributed by atoms with Crippen LogP contribution in [0.3, 0.4) is 0 Å². The molecule has 2 aromatic rings. The molecule has 3 N–H and O–H groups in total. The largest absolute Gasteiger partial charge is 0.383 e. The van der Waals surface area contributed by atoms with Crippen LogP contribution < -0.4 is 10.5 Å². The number of hydrogen-bond donors (Lipinski definition) is 2. The van der Waals surface area contributed by atoms with Gasteiger partial charge in [0.1, 0.15) is 10.7 Å². The van der Waals surface area contributed by atoms with Gasteiger partial charge in [0.15, 0.2) is 5.13 Å². The highest BCUT2D eigenvalue weighted by atomic mass is 32.2. The Morgan fingerprint density at radius 3 is 2.82 bits per heavy atom. The monoisotopic (exact) mass is 270 g/mol. The molecule has 90 valence electrons. The van der Waals surface area contributed by atoms with Crippen LogP contribution in [-0.2, 0) is 10.0 Å². The normalized spacial score (nSPS) is 11.4. The van der Waals surface area contributed by atoms with E-state index < -0.39 is 10.0 Å². The summed E-state index contributed by atoms with van der Waals surface area (Å²) < 4.78 is 26.3. The van der Waals surface area contributed by atoms with Crippen molar-refractivity contribution in [2.45, 2.75) is 11.8 Å². The molecule has 17 heavy (non-hydrogen) atoms. The van der Waals surface area contributed by atoms with E-state index in [1.54, 1.807) is 12.3 Å². The van der Waals surface area contributed by atoms with E-state index in [9.17, 15) is 8.42 Å². The third kappa shape index (κ3) is 2.53. The first-order valence-electron chi connectivity index (χ1n) is 4.64. The predicted molar refractivity (Wildman–Crippen MR) is 66.3 cm³/mol. The highest BCUT2D eigenvalue weighted by Gasteiger charge is 2.19. The smallest absolute Gasteiger partial charge is 0.267 e. The van der Waals surface area contributed by atoms with Crippen LogP contribution in [0, 0.1) is 6.92 Å². The zero-order valence-corrected chi connectivity index (χ0v) is 10.5. The van der Waals surface area contributed by atoms with Crippen LogP contribution in [-0.4, -0.2) is 18.4 Å². The Labute approximate surface area is 103 Å². The van der Waals surface area contributed by atoms with E-state index in [1.807, 2.05) is 0 Å². The van der Waals surface area contributed by atoms with E-state index in [0.29, 0.717) is 5.13 Å². The Morgan fingerprint density at radius 2 is 2.24 bits per heavy atom. The van der Waals surface area contributed by atoms with Gasteiger partial charge in [0.2, 0.25) is 0 Å². The molecular formula is C9H10N4O2S2. The number of nitrogen functional groups attached to an aromatic ring is 1. The average molecular weight is 270 g/mol. The number of rotatable bonds is 3. The van der Waals surface area contributed by atoms with Gasteiger partial charge in [-0.1, -0.05) is 0 Å². The lowest BCUT2D eigenvalue weighted by Gasteiger charge is -2.06. The minimum atomic E-state index is -3.72. The number of nitrogens with two attached hydrogens (primary N) is 1. The van der Waals surface area contributed by atoms with Crippen molar-refractivity contribution in [3.63, 3.8) is 0 Å². The predicted octanol–water partition coefficient (Wildman–Crippen LogP) is 1.23. The van der Waals surface area contributed by atoms with Gasteiger partial charge in [0, 0.05) is 11.6 Å². The van der Waals surface area contributed by atoms with Crippen LogP contribution in [0.2, 0.25) is 0 Å². The first kappa shape index (κ1) is 11.8. The molecule has 8 heteroatoms. The van der Waals surface area contributed by atoms with Crippen molar-refractivity contribution in [2.24, 2.45) is 0 Å². The summed E-state index contributed by atoms with van der Waals surface area (Å²) in [5.41, 5.74) is 6.27. The first-order chi connectivity index (χ1) is 7.99. The lowest BCUT2D eigenvalue weighted by Crippen LogP contribution is -2.15. The van der Waals surface area contributed by atoms with Crippen molar-refractivity contribution < 1.29 is 8.42 Å². The third-order valence-electron chi connectivity index (χ3n) is 1.93. The summed E-state index contributed by atoms with van der Waals surface area (Å²) in [5.74, 6) is -0.0340. The van der Waals surface area contributed by atoms with Crippen molar-refractivity contribution in [1.82, 2.24) is 9.97 Å². The number of nitrogens with one attached hydrogen (secondary N) is 1. The molecule has 0 atom stereocenters. The van der Waals surface area contributed by atoms with Crippen LogP contribution in [0.4, 0.5) is 10.9 Å². The lowest BCUT2D eigenvalue weighted by atomic mass is 10.5. The SMILES string of the molecule is Cc1csc(NS(=O)(=O)c2cccnc2N)n1. The topological polar surface area (TPSA) is 98.0 Å². The first-order valence-corrected chi connectivity index (χ1v) is 7.01. The molecule has 0 aliphatic carbocycles. The number of pyridine rings is 1. The fourth-order valence-corrected chi connectivity index (χ4v) is 3.23. The molecule has 0 aromatic carbocycles. The molecule has 0 radical (unpaired) electrons. The number of aromatic nitrogens is 2. The summed E-state index contributed by atoms with van der Waals surface area (Å²) in [7, 11) is -3.72. The van der Waals surface area contributed by atoms with Crippen molar-refractivity contribution >= 4 is 32.3 Å². The molecule has 6 nitrogen and oxygen atoms in total. The van der Waals surface area contributed by atoms with Gasteiger partial charge in [-0.05, 0) is 19.1 Å². The summed E-state index contributed by atoms with van der Waals surface area (Å²) in [6.45, 7) is 1.78. The van der Waals surface area contributed by atoms with Gasteiger partial charge >= 0.3 is 0 Å². The highest BCUT2D eigenvalue weighted by molar-refractivity contribution is 7.93. The van der Waals surface area contributed by atoms with Gasteiger partial charge in [-0.15, -0.1) is 11.3 Å². The number of anilines is 2. The van der Waals surface area contributed by atoms with E-state index in [2.05, 4.69) is 14.7 Å². The Bertz CT molecular complexity index is 636. The number of aryl methyl sites for hydroxylation is 1. The molecule has 0 saturated heterocycles. The Balaban J connectivity index is 2.35. The number of thiazole rings is 1. The van der Waals surface area contributed by atoms with Gasteiger partial charge in [-0.2, -0.15) is 0 Å². The van der Waals surface area contributed by atoms with E-state index >= 15 is 0 Å². The van der Waals surface area contributed by atoms with Crippen LogP contribution >= 0.6 is 11.3 Å². The summed E-state index contributed by atoms with van der Waals surface area (Å²) in [6, 6.07) is 2.91. The average Bonchev–Trinajstić information content (AvgIpc) is 2.63. The fraction of sp³-hybridized carbons (Fsp3) is 0.111. The molecule has 0 unspecified atom stereocenters. The lowest BCUT2D eigenvalue weighted by molar-refractivity contribution is 0.601. The molecular weight excluding hydrogens is 260 g/mol.